The number of carboxylic acids is 1. The first-order chi connectivity index (χ1) is 16.6. The number of carbonyl (C=O) groups is 4. The van der Waals surface area contributed by atoms with Crippen molar-refractivity contribution in [2.75, 3.05) is 6.61 Å². The van der Waals surface area contributed by atoms with E-state index in [1.54, 1.807) is 44.2 Å². The Labute approximate surface area is 202 Å². The fraction of sp³-hybridized carbons (Fsp3) is 0.435. The molecule has 8 N–H and O–H groups in total. The highest BCUT2D eigenvalue weighted by Gasteiger charge is 2.31. The minimum absolute atomic E-state index is 0.0207. The smallest absolute Gasteiger partial charge is 0.326 e. The molecule has 1 aromatic carbocycles. The molecular weight excluding hydrogens is 456 g/mol. The number of aliphatic carboxylic acids is 1. The highest BCUT2D eigenvalue weighted by molar-refractivity contribution is 5.94. The van der Waals surface area contributed by atoms with Crippen LogP contribution in [-0.4, -0.2) is 74.6 Å². The van der Waals surface area contributed by atoms with E-state index >= 15 is 0 Å². The maximum atomic E-state index is 12.9. The number of nitrogens with zero attached hydrogens (tertiary/aromatic N) is 1. The van der Waals surface area contributed by atoms with Gasteiger partial charge in [0.2, 0.25) is 17.7 Å². The number of carboxylic acid groups (broad SMARTS) is 1. The van der Waals surface area contributed by atoms with Crippen LogP contribution in [0.1, 0.15) is 25.1 Å². The van der Waals surface area contributed by atoms with E-state index in [-0.39, 0.29) is 18.8 Å². The number of aliphatic hydroxyl groups is 1. The summed E-state index contributed by atoms with van der Waals surface area (Å²) in [6, 6.07) is 4.04. The summed E-state index contributed by atoms with van der Waals surface area (Å²) in [5.74, 6) is -3.79. The summed E-state index contributed by atoms with van der Waals surface area (Å²) in [4.78, 5) is 56.4. The molecule has 1 heterocycles. The standard InChI is InChI=1S/C23H32N6O6/c1-13(2)19(29-20(31)16(24)9-15-10-25-12-26-15)22(33)28-18(11-30)21(32)27-17(23(34)35)8-14-6-4-3-5-7-14/h3-7,10,12-13,16-19,30H,8-9,11,24H2,1-2H3,(H,25,26)(H,27,32)(H,28,33)(H,29,31)(H,34,35). The number of aromatic nitrogens is 2. The third kappa shape index (κ3) is 8.50. The second-order valence-electron chi connectivity index (χ2n) is 8.45. The highest BCUT2D eigenvalue weighted by Crippen LogP contribution is 2.06. The quantitative estimate of drug-likeness (QED) is 0.180. The summed E-state index contributed by atoms with van der Waals surface area (Å²) < 4.78 is 0. The number of benzene rings is 1. The number of carbonyl (C=O) groups excluding carboxylic acids is 3. The molecule has 2 aromatic rings. The van der Waals surface area contributed by atoms with E-state index in [1.807, 2.05) is 0 Å². The summed E-state index contributed by atoms with van der Waals surface area (Å²) in [6.07, 6.45) is 3.19. The average molecular weight is 489 g/mol. The SMILES string of the molecule is CC(C)C(NC(=O)C(N)Cc1cnc[nH]1)C(=O)NC(CO)C(=O)NC(Cc1ccccc1)C(=O)O. The Hall–Kier alpha value is -3.77. The molecule has 0 saturated carbocycles. The molecular formula is C23H32N6O6. The summed E-state index contributed by atoms with van der Waals surface area (Å²) in [7, 11) is 0. The highest BCUT2D eigenvalue weighted by atomic mass is 16.4. The summed E-state index contributed by atoms with van der Waals surface area (Å²) in [5, 5.41) is 26.5. The fourth-order valence-corrected chi connectivity index (χ4v) is 3.30. The van der Waals surface area contributed by atoms with Crippen molar-refractivity contribution in [1.29, 1.82) is 0 Å². The first-order valence-electron chi connectivity index (χ1n) is 11.1. The van der Waals surface area contributed by atoms with Crippen molar-refractivity contribution in [1.82, 2.24) is 25.9 Å². The van der Waals surface area contributed by atoms with Gasteiger partial charge in [0, 0.05) is 24.7 Å². The second-order valence-corrected chi connectivity index (χ2v) is 8.45. The van der Waals surface area contributed by atoms with Gasteiger partial charge >= 0.3 is 5.97 Å². The van der Waals surface area contributed by atoms with Gasteiger partial charge in [0.15, 0.2) is 0 Å². The van der Waals surface area contributed by atoms with E-state index in [1.165, 1.54) is 12.5 Å². The van der Waals surface area contributed by atoms with Gasteiger partial charge in [-0.15, -0.1) is 0 Å². The first kappa shape index (κ1) is 27.5. The fourth-order valence-electron chi connectivity index (χ4n) is 3.30. The van der Waals surface area contributed by atoms with Crippen molar-refractivity contribution in [3.63, 3.8) is 0 Å². The van der Waals surface area contributed by atoms with Gasteiger partial charge in [-0.05, 0) is 11.5 Å². The van der Waals surface area contributed by atoms with Crippen molar-refractivity contribution in [3.05, 3.63) is 54.1 Å². The molecule has 190 valence electrons. The molecule has 0 saturated heterocycles. The zero-order valence-corrected chi connectivity index (χ0v) is 19.6. The molecule has 2 rings (SSSR count). The predicted octanol–water partition coefficient (Wildman–Crippen LogP) is -1.29. The van der Waals surface area contributed by atoms with Crippen molar-refractivity contribution in [2.45, 2.75) is 50.9 Å². The molecule has 0 aliphatic heterocycles. The van der Waals surface area contributed by atoms with Gasteiger partial charge in [-0.25, -0.2) is 9.78 Å². The molecule has 0 radical (unpaired) electrons. The van der Waals surface area contributed by atoms with E-state index < -0.39 is 54.5 Å². The van der Waals surface area contributed by atoms with Crippen molar-refractivity contribution in [3.8, 4) is 0 Å². The number of nitrogens with two attached hydrogens (primary N) is 1. The largest absolute Gasteiger partial charge is 0.480 e. The van der Waals surface area contributed by atoms with Crippen LogP contribution in [0.4, 0.5) is 0 Å². The lowest BCUT2D eigenvalue weighted by molar-refractivity contribution is -0.142. The number of amides is 3. The van der Waals surface area contributed by atoms with Crippen LogP contribution in [0.5, 0.6) is 0 Å². The van der Waals surface area contributed by atoms with E-state index in [4.69, 9.17) is 5.73 Å². The Morgan fingerprint density at radius 1 is 0.971 bits per heavy atom. The number of hydrogen-bond acceptors (Lipinski definition) is 7. The van der Waals surface area contributed by atoms with Crippen LogP contribution in [0.25, 0.3) is 0 Å². The van der Waals surface area contributed by atoms with E-state index in [0.29, 0.717) is 11.3 Å². The molecule has 12 heteroatoms. The van der Waals surface area contributed by atoms with Crippen LogP contribution in [0, 0.1) is 5.92 Å². The molecule has 1 aromatic heterocycles. The number of nitrogens with one attached hydrogen (secondary N) is 4. The lowest BCUT2D eigenvalue weighted by Crippen LogP contribution is -2.59. The lowest BCUT2D eigenvalue weighted by atomic mass is 10.0. The van der Waals surface area contributed by atoms with Gasteiger partial charge in [0.05, 0.1) is 19.0 Å². The van der Waals surface area contributed by atoms with Crippen LogP contribution in [0.15, 0.2) is 42.9 Å². The third-order valence-electron chi connectivity index (χ3n) is 5.29. The molecule has 35 heavy (non-hydrogen) atoms. The van der Waals surface area contributed by atoms with Gasteiger partial charge in [-0.1, -0.05) is 44.2 Å². The summed E-state index contributed by atoms with van der Waals surface area (Å²) in [5.41, 5.74) is 7.27. The Bertz CT molecular complexity index is 982. The van der Waals surface area contributed by atoms with Gasteiger partial charge < -0.3 is 36.9 Å². The molecule has 12 nitrogen and oxygen atoms in total. The van der Waals surface area contributed by atoms with Gasteiger partial charge in [-0.3, -0.25) is 14.4 Å². The molecule has 4 unspecified atom stereocenters. The predicted molar refractivity (Wildman–Crippen MR) is 126 cm³/mol. The van der Waals surface area contributed by atoms with E-state index in [2.05, 4.69) is 25.9 Å². The lowest BCUT2D eigenvalue weighted by Gasteiger charge is -2.26. The van der Waals surface area contributed by atoms with Crippen LogP contribution in [0.2, 0.25) is 0 Å². The van der Waals surface area contributed by atoms with E-state index in [0.717, 1.165) is 0 Å². The first-order valence-corrected chi connectivity index (χ1v) is 11.1. The number of imidazole rings is 1. The topological polar surface area (TPSA) is 200 Å². The minimum atomic E-state index is -1.42. The zero-order chi connectivity index (χ0) is 26.0. The van der Waals surface area contributed by atoms with Gasteiger partial charge in [0.25, 0.3) is 0 Å². The van der Waals surface area contributed by atoms with Crippen molar-refractivity contribution >= 4 is 23.7 Å². The maximum absolute atomic E-state index is 12.9. The molecule has 0 fully saturated rings. The monoisotopic (exact) mass is 488 g/mol. The Morgan fingerprint density at radius 3 is 2.17 bits per heavy atom. The Morgan fingerprint density at radius 2 is 1.63 bits per heavy atom. The molecule has 4 atom stereocenters. The molecule has 0 bridgehead atoms. The average Bonchev–Trinajstić information content (AvgIpc) is 3.33. The van der Waals surface area contributed by atoms with Gasteiger partial charge in [0.1, 0.15) is 18.1 Å². The van der Waals surface area contributed by atoms with Gasteiger partial charge in [-0.2, -0.15) is 0 Å². The van der Waals surface area contributed by atoms with Crippen LogP contribution < -0.4 is 21.7 Å². The number of aromatic amines is 1. The molecule has 0 aliphatic carbocycles. The normalized spacial score (nSPS) is 14.4. The molecule has 3 amide bonds. The van der Waals surface area contributed by atoms with Crippen LogP contribution >= 0.6 is 0 Å². The molecule has 0 aliphatic rings. The maximum Gasteiger partial charge on any atom is 0.326 e. The Kier molecular flexibility index (Phi) is 10.4. The Balaban J connectivity index is 2.00. The van der Waals surface area contributed by atoms with E-state index in [9.17, 15) is 29.4 Å². The second kappa shape index (κ2) is 13.2. The summed E-state index contributed by atoms with van der Waals surface area (Å²) in [6.45, 7) is 2.62. The molecule has 0 spiro atoms. The minimum Gasteiger partial charge on any atom is -0.480 e. The summed E-state index contributed by atoms with van der Waals surface area (Å²) >= 11 is 0. The number of H-pyrrole nitrogens is 1. The van der Waals surface area contributed by atoms with Crippen molar-refractivity contribution < 1.29 is 29.4 Å². The third-order valence-corrected chi connectivity index (χ3v) is 5.29. The zero-order valence-electron chi connectivity index (χ0n) is 19.6. The van der Waals surface area contributed by atoms with Crippen molar-refractivity contribution in [2.24, 2.45) is 11.7 Å². The van der Waals surface area contributed by atoms with Crippen LogP contribution in [-0.2, 0) is 32.0 Å². The number of rotatable bonds is 13. The number of hydrogen-bond donors (Lipinski definition) is 7. The van der Waals surface area contributed by atoms with Crippen LogP contribution in [0.3, 0.4) is 0 Å². The number of aliphatic hydroxyl groups excluding tert-OH is 1.